The second-order valence-corrected chi connectivity index (χ2v) is 8.35. The van der Waals surface area contributed by atoms with E-state index in [1.807, 2.05) is 25.1 Å². The van der Waals surface area contributed by atoms with Gasteiger partial charge in [-0.3, -0.25) is 4.79 Å². The van der Waals surface area contributed by atoms with Crippen LogP contribution in [0.25, 0.3) is 11.0 Å². The van der Waals surface area contributed by atoms with Crippen molar-refractivity contribution in [1.82, 2.24) is 0 Å². The molecule has 0 unspecified atom stereocenters. The number of furan rings is 1. The molecule has 1 aliphatic heterocycles. The first-order valence-corrected chi connectivity index (χ1v) is 10.8. The minimum absolute atomic E-state index is 0. The lowest BCUT2D eigenvalue weighted by molar-refractivity contribution is -0.120. The number of benzene rings is 1. The Balaban J connectivity index is 0.00000256. The first-order chi connectivity index (χ1) is 14.0. The van der Waals surface area contributed by atoms with E-state index < -0.39 is 5.97 Å². The predicted molar refractivity (Wildman–Crippen MR) is 119 cm³/mol. The quantitative estimate of drug-likeness (QED) is 0.695. The number of carbonyl (C=O) groups is 2. The number of nitrogens with two attached hydrogens (primary N) is 1. The van der Waals surface area contributed by atoms with Crippen LogP contribution in [0.2, 0.25) is 0 Å². The highest BCUT2D eigenvalue weighted by Gasteiger charge is 2.42. The van der Waals surface area contributed by atoms with Crippen molar-refractivity contribution in [3.05, 3.63) is 29.5 Å². The van der Waals surface area contributed by atoms with E-state index in [0.717, 1.165) is 29.6 Å². The summed E-state index contributed by atoms with van der Waals surface area (Å²) in [4.78, 5) is 26.7. The fraction of sp³-hybridized carbons (Fsp3) is 0.565. The Morgan fingerprint density at radius 3 is 2.60 bits per heavy atom. The van der Waals surface area contributed by atoms with Crippen LogP contribution in [0.4, 0.5) is 5.69 Å². The summed E-state index contributed by atoms with van der Waals surface area (Å²) < 4.78 is 10.8. The largest absolute Gasteiger partial charge is 0.460 e. The maximum Gasteiger partial charge on any atom is 0.374 e. The number of halogens is 1. The second kappa shape index (κ2) is 9.29. The number of carbonyl (C=O) groups excluding carboxylic acids is 2. The molecule has 2 atom stereocenters. The Hall–Kier alpha value is -2.21. The summed E-state index contributed by atoms with van der Waals surface area (Å²) in [6, 6.07) is 5.56. The molecule has 4 rings (SSSR count). The molecule has 164 valence electrons. The fourth-order valence-corrected chi connectivity index (χ4v) is 5.31. The number of nitrogens with zero attached hydrogens (tertiary/aromatic N) is 1. The van der Waals surface area contributed by atoms with E-state index >= 15 is 0 Å². The summed E-state index contributed by atoms with van der Waals surface area (Å²) in [7, 11) is 0. The SMILES string of the molecule is CCOC(=O)c1oc2ccc(N3CC[C@@H](C4CCCCC4)[C@H]3C(N)=O)cc2c1C.Cl. The maximum absolute atomic E-state index is 12.4. The molecule has 1 aromatic heterocycles. The van der Waals surface area contributed by atoms with Gasteiger partial charge in [-0.15, -0.1) is 12.4 Å². The summed E-state index contributed by atoms with van der Waals surface area (Å²) in [5.74, 6) is 0.461. The van der Waals surface area contributed by atoms with E-state index in [9.17, 15) is 9.59 Å². The van der Waals surface area contributed by atoms with Crippen LogP contribution in [0.5, 0.6) is 0 Å². The van der Waals surface area contributed by atoms with Gasteiger partial charge in [-0.2, -0.15) is 0 Å². The van der Waals surface area contributed by atoms with Gasteiger partial charge in [-0.05, 0) is 50.3 Å². The zero-order valence-electron chi connectivity index (χ0n) is 17.7. The summed E-state index contributed by atoms with van der Waals surface area (Å²) >= 11 is 0. The Bertz CT molecular complexity index is 919. The predicted octanol–water partition coefficient (Wildman–Crippen LogP) is 4.60. The number of ether oxygens (including phenoxy) is 1. The first kappa shape index (κ1) is 22.5. The fourth-order valence-electron chi connectivity index (χ4n) is 5.31. The number of primary amides is 1. The molecule has 0 spiro atoms. The lowest BCUT2D eigenvalue weighted by Crippen LogP contribution is -2.45. The number of esters is 1. The monoisotopic (exact) mass is 434 g/mol. The molecule has 2 fully saturated rings. The highest BCUT2D eigenvalue weighted by Crippen LogP contribution is 2.41. The van der Waals surface area contributed by atoms with Crippen LogP contribution in [-0.4, -0.2) is 31.1 Å². The minimum atomic E-state index is -0.448. The smallest absolute Gasteiger partial charge is 0.374 e. The van der Waals surface area contributed by atoms with E-state index in [2.05, 4.69) is 4.90 Å². The van der Waals surface area contributed by atoms with Crippen molar-refractivity contribution in [3.8, 4) is 0 Å². The topological polar surface area (TPSA) is 85.8 Å². The molecule has 0 bridgehead atoms. The first-order valence-electron chi connectivity index (χ1n) is 10.8. The van der Waals surface area contributed by atoms with E-state index in [0.29, 0.717) is 24.0 Å². The highest BCUT2D eigenvalue weighted by atomic mass is 35.5. The molecule has 6 nitrogen and oxygen atoms in total. The van der Waals surface area contributed by atoms with Gasteiger partial charge in [0.15, 0.2) is 0 Å². The van der Waals surface area contributed by atoms with Gasteiger partial charge in [-0.1, -0.05) is 32.1 Å². The van der Waals surface area contributed by atoms with E-state index in [-0.39, 0.29) is 30.1 Å². The average Bonchev–Trinajstić information content (AvgIpc) is 3.31. The van der Waals surface area contributed by atoms with Crippen LogP contribution in [0, 0.1) is 18.8 Å². The van der Waals surface area contributed by atoms with Crippen molar-refractivity contribution in [2.45, 2.75) is 58.4 Å². The number of hydrogen-bond donors (Lipinski definition) is 1. The van der Waals surface area contributed by atoms with Crippen molar-refractivity contribution in [3.63, 3.8) is 0 Å². The average molecular weight is 435 g/mol. The minimum Gasteiger partial charge on any atom is -0.460 e. The summed E-state index contributed by atoms with van der Waals surface area (Å²) in [5.41, 5.74) is 8.25. The number of fused-ring (bicyclic) bond motifs is 1. The second-order valence-electron chi connectivity index (χ2n) is 8.35. The molecule has 2 N–H and O–H groups in total. The zero-order valence-corrected chi connectivity index (χ0v) is 18.5. The van der Waals surface area contributed by atoms with E-state index in [4.69, 9.17) is 14.9 Å². The Kier molecular flexibility index (Phi) is 6.96. The van der Waals surface area contributed by atoms with Crippen molar-refractivity contribution in [2.75, 3.05) is 18.1 Å². The van der Waals surface area contributed by atoms with Crippen LogP contribution in [0.15, 0.2) is 22.6 Å². The molecule has 0 radical (unpaired) electrons. The molecule has 1 saturated heterocycles. The number of anilines is 1. The number of rotatable bonds is 5. The van der Waals surface area contributed by atoms with Crippen LogP contribution in [0.3, 0.4) is 0 Å². The van der Waals surface area contributed by atoms with Gasteiger partial charge in [0, 0.05) is 23.2 Å². The summed E-state index contributed by atoms with van der Waals surface area (Å²) in [6.07, 6.45) is 7.20. The molecule has 1 aliphatic carbocycles. The molecule has 2 aromatic rings. The van der Waals surface area contributed by atoms with Gasteiger partial charge in [0.25, 0.3) is 0 Å². The maximum atomic E-state index is 12.4. The van der Waals surface area contributed by atoms with Gasteiger partial charge in [0.2, 0.25) is 11.7 Å². The lowest BCUT2D eigenvalue weighted by Gasteiger charge is -2.33. The molecule has 2 aliphatic rings. The molecular weight excluding hydrogens is 404 g/mol. The van der Waals surface area contributed by atoms with Crippen molar-refractivity contribution in [1.29, 1.82) is 0 Å². The summed E-state index contributed by atoms with van der Waals surface area (Å²) in [6.45, 7) is 4.76. The third-order valence-electron chi connectivity index (χ3n) is 6.70. The Morgan fingerprint density at radius 2 is 1.93 bits per heavy atom. The van der Waals surface area contributed by atoms with Crippen LogP contribution >= 0.6 is 12.4 Å². The Labute approximate surface area is 183 Å². The molecule has 7 heteroatoms. The number of aryl methyl sites for hydroxylation is 1. The van der Waals surface area contributed by atoms with Crippen molar-refractivity contribution >= 4 is 40.9 Å². The number of hydrogen-bond acceptors (Lipinski definition) is 5. The van der Waals surface area contributed by atoms with Crippen LogP contribution in [0.1, 0.15) is 61.6 Å². The Morgan fingerprint density at radius 1 is 1.20 bits per heavy atom. The third-order valence-corrected chi connectivity index (χ3v) is 6.70. The van der Waals surface area contributed by atoms with Crippen LogP contribution < -0.4 is 10.6 Å². The lowest BCUT2D eigenvalue weighted by atomic mass is 9.76. The van der Waals surface area contributed by atoms with Crippen molar-refractivity contribution in [2.24, 2.45) is 17.6 Å². The molecule has 1 aromatic carbocycles. The number of amides is 1. The molecule has 1 amide bonds. The zero-order chi connectivity index (χ0) is 20.5. The molecule has 1 saturated carbocycles. The van der Waals surface area contributed by atoms with Gasteiger partial charge in [-0.25, -0.2) is 4.79 Å². The van der Waals surface area contributed by atoms with E-state index in [1.54, 1.807) is 6.92 Å². The highest BCUT2D eigenvalue weighted by molar-refractivity contribution is 5.97. The summed E-state index contributed by atoms with van der Waals surface area (Å²) in [5, 5.41) is 0.870. The van der Waals surface area contributed by atoms with E-state index in [1.165, 1.54) is 32.1 Å². The molecule has 2 heterocycles. The van der Waals surface area contributed by atoms with Gasteiger partial charge >= 0.3 is 5.97 Å². The standard InChI is InChI=1S/C23H30N2O4.ClH/c1-3-28-23(27)21-14(2)18-13-16(9-10-19(18)29-21)25-12-11-17(20(25)22(24)26)15-7-5-4-6-8-15;/h9-10,13,15,17,20H,3-8,11-12H2,1-2H3,(H2,24,26);1H/t17-,20-;/m0./s1. The molecular formula is C23H31ClN2O4. The van der Waals surface area contributed by atoms with Gasteiger partial charge in [0.1, 0.15) is 11.6 Å². The normalized spacial score (nSPS) is 22.1. The molecule has 30 heavy (non-hydrogen) atoms. The van der Waals surface area contributed by atoms with Crippen LogP contribution in [-0.2, 0) is 9.53 Å². The van der Waals surface area contributed by atoms with Gasteiger partial charge < -0.3 is 19.8 Å². The van der Waals surface area contributed by atoms with Crippen molar-refractivity contribution < 1.29 is 18.7 Å². The van der Waals surface area contributed by atoms with Gasteiger partial charge in [0.05, 0.1) is 6.61 Å². The third kappa shape index (κ3) is 4.02.